The Morgan fingerprint density at radius 1 is 1.33 bits per heavy atom. The molecule has 0 saturated heterocycles. The topological polar surface area (TPSA) is 46.2 Å². The first-order chi connectivity index (χ1) is 8.27. The molecular weight excluding hydrogens is 284 g/mol. The highest BCUT2D eigenvalue weighted by atomic mass is 35.5. The van der Waals surface area contributed by atoms with Gasteiger partial charge in [0.1, 0.15) is 16.5 Å². The van der Waals surface area contributed by atoms with Gasteiger partial charge in [0, 0.05) is 11.9 Å². The molecule has 0 aromatic heterocycles. The predicted molar refractivity (Wildman–Crippen MR) is 66.0 cm³/mol. The zero-order chi connectivity index (χ0) is 13.9. The molecule has 0 bridgehead atoms. The number of rotatable bonds is 5. The van der Waals surface area contributed by atoms with Crippen LogP contribution in [0.15, 0.2) is 23.1 Å². The largest absolute Gasteiger partial charge is 0.243 e. The summed E-state index contributed by atoms with van der Waals surface area (Å²) in [6.45, 7) is 3.36. The number of benzene rings is 1. The molecule has 0 fully saturated rings. The average molecular weight is 298 g/mol. The Kier molecular flexibility index (Phi) is 5.07. The van der Waals surface area contributed by atoms with Crippen LogP contribution in [0.4, 0.5) is 8.78 Å². The van der Waals surface area contributed by atoms with Gasteiger partial charge in [-0.05, 0) is 31.0 Å². The Balaban J connectivity index is 3.03. The molecule has 0 aliphatic heterocycles. The van der Waals surface area contributed by atoms with Gasteiger partial charge in [0.25, 0.3) is 0 Å². The third-order valence-electron chi connectivity index (χ3n) is 2.62. The van der Waals surface area contributed by atoms with Crippen molar-refractivity contribution in [1.82, 2.24) is 4.72 Å². The van der Waals surface area contributed by atoms with Gasteiger partial charge in [-0.25, -0.2) is 21.9 Å². The van der Waals surface area contributed by atoms with E-state index in [9.17, 15) is 17.2 Å². The summed E-state index contributed by atoms with van der Waals surface area (Å²) < 4.78 is 52.4. The summed E-state index contributed by atoms with van der Waals surface area (Å²) in [5, 5.41) is 0. The van der Waals surface area contributed by atoms with Crippen molar-refractivity contribution in [3.05, 3.63) is 29.8 Å². The number of hydrogen-bond donors (Lipinski definition) is 1. The van der Waals surface area contributed by atoms with Crippen LogP contribution < -0.4 is 4.72 Å². The first-order valence-electron chi connectivity index (χ1n) is 5.31. The maximum atomic E-state index is 13.4. The number of halogens is 3. The fourth-order valence-electron chi connectivity index (χ4n) is 1.24. The van der Waals surface area contributed by atoms with Gasteiger partial charge >= 0.3 is 0 Å². The van der Waals surface area contributed by atoms with Crippen LogP contribution in [0.1, 0.15) is 13.8 Å². The van der Waals surface area contributed by atoms with E-state index in [1.807, 2.05) is 0 Å². The molecule has 0 aliphatic rings. The molecule has 2 unspecified atom stereocenters. The van der Waals surface area contributed by atoms with Gasteiger partial charge in [0.2, 0.25) is 10.0 Å². The summed E-state index contributed by atoms with van der Waals surface area (Å²) in [6, 6.07) is 1.81. The zero-order valence-corrected chi connectivity index (χ0v) is 11.5. The first kappa shape index (κ1) is 15.3. The number of hydrogen-bond acceptors (Lipinski definition) is 2. The summed E-state index contributed by atoms with van der Waals surface area (Å²) in [5.74, 6) is -1.67. The Bertz CT molecular complexity index is 522. The summed E-state index contributed by atoms with van der Waals surface area (Å²) in [5.41, 5.74) is 0. The quantitative estimate of drug-likeness (QED) is 0.849. The van der Waals surface area contributed by atoms with Gasteiger partial charge in [-0.3, -0.25) is 0 Å². The smallest absolute Gasteiger partial charge is 0.208 e. The van der Waals surface area contributed by atoms with Crippen molar-refractivity contribution < 1.29 is 17.2 Å². The minimum Gasteiger partial charge on any atom is -0.208 e. The van der Waals surface area contributed by atoms with E-state index in [1.165, 1.54) is 0 Å². The molecular formula is C11H14ClF2NO2S. The van der Waals surface area contributed by atoms with Crippen LogP contribution in [0.25, 0.3) is 0 Å². The second kappa shape index (κ2) is 5.95. The van der Waals surface area contributed by atoms with E-state index in [0.29, 0.717) is 6.07 Å². The van der Waals surface area contributed by atoms with Gasteiger partial charge in [-0.2, -0.15) is 0 Å². The lowest BCUT2D eigenvalue weighted by atomic mass is 10.1. The maximum absolute atomic E-state index is 13.4. The summed E-state index contributed by atoms with van der Waals surface area (Å²) in [4.78, 5) is -0.698. The fourth-order valence-corrected chi connectivity index (χ4v) is 2.95. The van der Waals surface area contributed by atoms with E-state index < -0.39 is 32.6 Å². The molecule has 3 nitrogen and oxygen atoms in total. The van der Waals surface area contributed by atoms with Crippen LogP contribution in [0.5, 0.6) is 0 Å². The minimum atomic E-state index is -4.09. The van der Waals surface area contributed by atoms with Crippen molar-refractivity contribution in [2.75, 3.05) is 5.88 Å². The number of alkyl halides is 1. The lowest BCUT2D eigenvalue weighted by molar-refractivity contribution is 0.476. The highest BCUT2D eigenvalue weighted by Crippen LogP contribution is 2.17. The third kappa shape index (κ3) is 3.63. The van der Waals surface area contributed by atoms with E-state index in [-0.39, 0.29) is 11.8 Å². The first-order valence-corrected chi connectivity index (χ1v) is 7.33. The van der Waals surface area contributed by atoms with Crippen LogP contribution >= 0.6 is 11.6 Å². The molecule has 1 rings (SSSR count). The Morgan fingerprint density at radius 3 is 2.50 bits per heavy atom. The summed E-state index contributed by atoms with van der Waals surface area (Å²) in [6.07, 6.45) is 0. The van der Waals surface area contributed by atoms with E-state index in [2.05, 4.69) is 4.72 Å². The van der Waals surface area contributed by atoms with Gasteiger partial charge in [0.05, 0.1) is 0 Å². The van der Waals surface area contributed by atoms with Crippen LogP contribution in [0.2, 0.25) is 0 Å². The standard InChI is InChI=1S/C11H14ClF2NO2S/c1-7(6-12)8(2)15-18(16,17)11-5-9(13)3-4-10(11)14/h3-5,7-8,15H,6H2,1-2H3. The monoisotopic (exact) mass is 297 g/mol. The SMILES string of the molecule is CC(CCl)C(C)NS(=O)(=O)c1cc(F)ccc1F. The van der Waals surface area contributed by atoms with Crippen LogP contribution in [-0.4, -0.2) is 20.3 Å². The van der Waals surface area contributed by atoms with Crippen molar-refractivity contribution in [2.45, 2.75) is 24.8 Å². The second-order valence-electron chi connectivity index (χ2n) is 4.12. The summed E-state index contributed by atoms with van der Waals surface area (Å²) in [7, 11) is -4.09. The summed E-state index contributed by atoms with van der Waals surface area (Å²) >= 11 is 5.61. The Labute approximate surface area is 110 Å². The zero-order valence-electron chi connectivity index (χ0n) is 9.95. The molecule has 1 aromatic carbocycles. The van der Waals surface area contributed by atoms with Crippen molar-refractivity contribution in [3.8, 4) is 0 Å². The molecule has 1 aromatic rings. The Morgan fingerprint density at radius 2 is 1.94 bits per heavy atom. The molecule has 102 valence electrons. The third-order valence-corrected chi connectivity index (χ3v) is 4.68. The molecule has 0 amide bonds. The van der Waals surface area contributed by atoms with Crippen LogP contribution in [0, 0.1) is 17.6 Å². The number of sulfonamides is 1. The minimum absolute atomic E-state index is 0.127. The predicted octanol–water partition coefficient (Wildman–Crippen LogP) is 2.51. The van der Waals surface area contributed by atoms with E-state index >= 15 is 0 Å². The Hall–Kier alpha value is -0.720. The van der Waals surface area contributed by atoms with Gasteiger partial charge < -0.3 is 0 Å². The molecule has 0 spiro atoms. The van der Waals surface area contributed by atoms with Gasteiger partial charge in [0.15, 0.2) is 0 Å². The van der Waals surface area contributed by atoms with E-state index in [1.54, 1.807) is 13.8 Å². The molecule has 1 N–H and O–H groups in total. The van der Waals surface area contributed by atoms with Gasteiger partial charge in [-0.1, -0.05) is 6.92 Å². The average Bonchev–Trinajstić information content (AvgIpc) is 2.30. The molecule has 0 saturated carbocycles. The van der Waals surface area contributed by atoms with Gasteiger partial charge in [-0.15, -0.1) is 11.6 Å². The lowest BCUT2D eigenvalue weighted by Gasteiger charge is -2.19. The molecule has 7 heteroatoms. The van der Waals surface area contributed by atoms with Crippen molar-refractivity contribution in [3.63, 3.8) is 0 Å². The van der Waals surface area contributed by atoms with E-state index in [4.69, 9.17) is 11.6 Å². The van der Waals surface area contributed by atoms with Crippen molar-refractivity contribution in [1.29, 1.82) is 0 Å². The lowest BCUT2D eigenvalue weighted by Crippen LogP contribution is -2.38. The van der Waals surface area contributed by atoms with Crippen molar-refractivity contribution in [2.24, 2.45) is 5.92 Å². The van der Waals surface area contributed by atoms with Crippen molar-refractivity contribution >= 4 is 21.6 Å². The molecule has 0 aliphatic carbocycles. The normalized spacial score (nSPS) is 15.4. The molecule has 2 atom stereocenters. The second-order valence-corrected chi connectivity index (χ2v) is 6.11. The number of nitrogens with one attached hydrogen (secondary N) is 1. The maximum Gasteiger partial charge on any atom is 0.243 e. The molecule has 0 radical (unpaired) electrons. The van der Waals surface area contributed by atoms with Crippen LogP contribution in [0.3, 0.4) is 0 Å². The molecule has 18 heavy (non-hydrogen) atoms. The van der Waals surface area contributed by atoms with E-state index in [0.717, 1.165) is 12.1 Å². The fraction of sp³-hybridized carbons (Fsp3) is 0.455. The highest BCUT2D eigenvalue weighted by Gasteiger charge is 2.24. The van der Waals surface area contributed by atoms with Crippen LogP contribution in [-0.2, 0) is 10.0 Å². The molecule has 0 heterocycles. The highest BCUT2D eigenvalue weighted by molar-refractivity contribution is 7.89.